The van der Waals surface area contributed by atoms with Crippen LogP contribution in [-0.2, 0) is 6.42 Å². The maximum absolute atomic E-state index is 4.98. The minimum Gasteiger partial charge on any atom is -0.481 e. The van der Waals surface area contributed by atoms with E-state index >= 15 is 0 Å². The van der Waals surface area contributed by atoms with Gasteiger partial charge in [0.15, 0.2) is 0 Å². The van der Waals surface area contributed by atoms with Crippen molar-refractivity contribution in [1.82, 2.24) is 4.98 Å². The summed E-state index contributed by atoms with van der Waals surface area (Å²) in [5.74, 6) is 1.13. The second-order valence-electron chi connectivity index (χ2n) is 2.31. The van der Waals surface area contributed by atoms with Crippen LogP contribution in [0.4, 0.5) is 0 Å². The fraction of sp³-hybridized carbons (Fsp3) is 0.333. The van der Waals surface area contributed by atoms with Crippen molar-refractivity contribution in [2.24, 2.45) is 0 Å². The van der Waals surface area contributed by atoms with E-state index in [2.05, 4.69) is 11.9 Å². The molecule has 0 atom stereocenters. The number of methoxy groups -OCH3 is 2. The number of ether oxygens (including phenoxy) is 2. The first-order chi connectivity index (χ1) is 5.80. The van der Waals surface area contributed by atoms with Crippen LogP contribution in [0, 0.1) is 6.92 Å². The predicted molar refractivity (Wildman–Crippen MR) is 46.4 cm³/mol. The molecule has 1 heterocycles. The summed E-state index contributed by atoms with van der Waals surface area (Å²) in [6.07, 6.45) is 0.704. The number of hydrogen-bond donors (Lipinski definition) is 0. The van der Waals surface area contributed by atoms with E-state index in [0.29, 0.717) is 18.2 Å². The molecule has 0 unspecified atom stereocenters. The highest BCUT2D eigenvalue weighted by Gasteiger charge is 2.00. The van der Waals surface area contributed by atoms with Crippen molar-refractivity contribution in [3.63, 3.8) is 0 Å². The molecular formula is C9H12NO2. The van der Waals surface area contributed by atoms with Crippen LogP contribution in [0.5, 0.6) is 11.8 Å². The third kappa shape index (κ3) is 1.87. The first kappa shape index (κ1) is 8.84. The molecule has 0 aliphatic heterocycles. The lowest BCUT2D eigenvalue weighted by Gasteiger charge is -2.04. The number of hydrogen-bond acceptors (Lipinski definition) is 3. The Bertz CT molecular complexity index is 205. The van der Waals surface area contributed by atoms with Gasteiger partial charge in [0.1, 0.15) is 0 Å². The molecule has 3 heteroatoms. The zero-order valence-electron chi connectivity index (χ0n) is 7.33. The van der Waals surface area contributed by atoms with E-state index in [4.69, 9.17) is 9.47 Å². The molecule has 0 aromatic carbocycles. The van der Waals surface area contributed by atoms with E-state index < -0.39 is 0 Å². The van der Waals surface area contributed by atoms with Gasteiger partial charge in [0.25, 0.3) is 0 Å². The minimum absolute atomic E-state index is 0.563. The first-order valence-corrected chi connectivity index (χ1v) is 3.68. The predicted octanol–water partition coefficient (Wildman–Crippen LogP) is 1.48. The van der Waals surface area contributed by atoms with Crippen molar-refractivity contribution < 1.29 is 9.47 Å². The Kier molecular flexibility index (Phi) is 2.91. The van der Waals surface area contributed by atoms with E-state index in [9.17, 15) is 0 Å². The molecule has 1 aromatic rings. The highest BCUT2D eigenvalue weighted by atomic mass is 16.5. The number of aromatic nitrogens is 1. The Labute approximate surface area is 72.3 Å². The smallest absolute Gasteiger partial charge is 0.216 e. The number of pyridine rings is 1. The highest BCUT2D eigenvalue weighted by molar-refractivity contribution is 5.28. The van der Waals surface area contributed by atoms with Gasteiger partial charge in [0, 0.05) is 12.1 Å². The van der Waals surface area contributed by atoms with E-state index in [0.717, 1.165) is 5.56 Å². The first-order valence-electron chi connectivity index (χ1n) is 3.68. The maximum atomic E-state index is 4.98. The van der Waals surface area contributed by atoms with E-state index in [1.54, 1.807) is 14.2 Å². The fourth-order valence-corrected chi connectivity index (χ4v) is 0.885. The van der Waals surface area contributed by atoms with Gasteiger partial charge >= 0.3 is 0 Å². The SMILES string of the molecule is [CH2]Cc1cc(OC)nc(OC)c1. The third-order valence-electron chi connectivity index (χ3n) is 1.55. The van der Waals surface area contributed by atoms with Gasteiger partial charge in [0.2, 0.25) is 11.8 Å². The van der Waals surface area contributed by atoms with Crippen LogP contribution in [-0.4, -0.2) is 19.2 Å². The van der Waals surface area contributed by atoms with Crippen molar-refractivity contribution in [2.45, 2.75) is 6.42 Å². The molecule has 0 bridgehead atoms. The molecule has 65 valence electrons. The summed E-state index contributed by atoms with van der Waals surface area (Å²) in [4.78, 5) is 4.05. The van der Waals surface area contributed by atoms with Gasteiger partial charge in [0.05, 0.1) is 14.2 Å². The summed E-state index contributed by atoms with van der Waals surface area (Å²) in [6, 6.07) is 3.69. The van der Waals surface area contributed by atoms with Crippen LogP contribution in [0.3, 0.4) is 0 Å². The van der Waals surface area contributed by atoms with E-state index in [1.807, 2.05) is 12.1 Å². The summed E-state index contributed by atoms with van der Waals surface area (Å²) < 4.78 is 9.96. The zero-order valence-corrected chi connectivity index (χ0v) is 7.33. The van der Waals surface area contributed by atoms with Gasteiger partial charge in [-0.05, 0) is 18.9 Å². The van der Waals surface area contributed by atoms with Gasteiger partial charge in [-0.2, -0.15) is 4.98 Å². The standard InChI is InChI=1S/C9H12NO2/c1-4-7-5-8(11-2)10-9(6-7)12-3/h5-6H,1,4H2,2-3H3. The summed E-state index contributed by atoms with van der Waals surface area (Å²) in [5, 5.41) is 0. The molecule has 1 rings (SSSR count). The van der Waals surface area contributed by atoms with Crippen LogP contribution >= 0.6 is 0 Å². The molecule has 0 saturated carbocycles. The largest absolute Gasteiger partial charge is 0.481 e. The zero-order chi connectivity index (χ0) is 8.97. The molecule has 1 aromatic heterocycles. The van der Waals surface area contributed by atoms with Crippen molar-refractivity contribution in [3.05, 3.63) is 24.6 Å². The second-order valence-corrected chi connectivity index (χ2v) is 2.31. The quantitative estimate of drug-likeness (QED) is 0.681. The van der Waals surface area contributed by atoms with Crippen molar-refractivity contribution in [1.29, 1.82) is 0 Å². The lowest BCUT2D eigenvalue weighted by atomic mass is 10.2. The van der Waals surface area contributed by atoms with Crippen molar-refractivity contribution in [3.8, 4) is 11.8 Å². The Morgan fingerprint density at radius 2 is 1.75 bits per heavy atom. The molecule has 0 spiro atoms. The van der Waals surface area contributed by atoms with Gasteiger partial charge in [-0.15, -0.1) is 0 Å². The Balaban J connectivity index is 3.01. The molecule has 12 heavy (non-hydrogen) atoms. The average molecular weight is 166 g/mol. The fourth-order valence-electron chi connectivity index (χ4n) is 0.885. The van der Waals surface area contributed by atoms with Crippen LogP contribution < -0.4 is 9.47 Å². The minimum atomic E-state index is 0.563. The molecule has 0 N–H and O–H groups in total. The summed E-state index contributed by atoms with van der Waals surface area (Å²) >= 11 is 0. The van der Waals surface area contributed by atoms with Crippen molar-refractivity contribution >= 4 is 0 Å². The number of nitrogens with zero attached hydrogens (tertiary/aromatic N) is 1. The van der Waals surface area contributed by atoms with Crippen LogP contribution in [0.25, 0.3) is 0 Å². The third-order valence-corrected chi connectivity index (χ3v) is 1.55. The second kappa shape index (κ2) is 3.95. The molecule has 1 radical (unpaired) electrons. The Morgan fingerprint density at radius 1 is 1.25 bits per heavy atom. The molecule has 0 saturated heterocycles. The van der Waals surface area contributed by atoms with Crippen LogP contribution in [0.2, 0.25) is 0 Å². The molecule has 0 amide bonds. The van der Waals surface area contributed by atoms with E-state index in [1.165, 1.54) is 0 Å². The molecular weight excluding hydrogens is 154 g/mol. The van der Waals surface area contributed by atoms with E-state index in [-0.39, 0.29) is 0 Å². The Morgan fingerprint density at radius 3 is 2.08 bits per heavy atom. The van der Waals surface area contributed by atoms with Crippen LogP contribution in [0.15, 0.2) is 12.1 Å². The number of rotatable bonds is 3. The molecule has 0 aliphatic carbocycles. The lowest BCUT2D eigenvalue weighted by Crippen LogP contribution is -1.94. The average Bonchev–Trinajstić information content (AvgIpc) is 2.16. The topological polar surface area (TPSA) is 31.4 Å². The Hall–Kier alpha value is -1.25. The molecule has 0 fully saturated rings. The summed E-state index contributed by atoms with van der Waals surface area (Å²) in [6.45, 7) is 3.77. The normalized spacial score (nSPS) is 9.58. The van der Waals surface area contributed by atoms with Crippen LogP contribution in [0.1, 0.15) is 5.56 Å². The maximum Gasteiger partial charge on any atom is 0.216 e. The lowest BCUT2D eigenvalue weighted by molar-refractivity contribution is 0.364. The summed E-state index contributed by atoms with van der Waals surface area (Å²) in [7, 11) is 3.16. The van der Waals surface area contributed by atoms with Gasteiger partial charge < -0.3 is 9.47 Å². The van der Waals surface area contributed by atoms with Gasteiger partial charge in [-0.1, -0.05) is 0 Å². The molecule has 3 nitrogen and oxygen atoms in total. The molecule has 0 aliphatic rings. The highest BCUT2D eigenvalue weighted by Crippen LogP contribution is 2.17. The van der Waals surface area contributed by atoms with Gasteiger partial charge in [-0.25, -0.2) is 0 Å². The summed E-state index contributed by atoms with van der Waals surface area (Å²) in [5.41, 5.74) is 1.05. The van der Waals surface area contributed by atoms with Gasteiger partial charge in [-0.3, -0.25) is 0 Å². The van der Waals surface area contributed by atoms with Crippen molar-refractivity contribution in [2.75, 3.05) is 14.2 Å². The monoisotopic (exact) mass is 166 g/mol.